The second-order valence-electron chi connectivity index (χ2n) is 2.83. The lowest BCUT2D eigenvalue weighted by molar-refractivity contribution is -0.119. The second-order valence-corrected chi connectivity index (χ2v) is 2.83. The second kappa shape index (κ2) is 2.83. The van der Waals surface area contributed by atoms with E-state index in [1.807, 2.05) is 6.07 Å². The normalized spacial score (nSPS) is 24.5. The molecular formula is C10H6N2O. The summed E-state index contributed by atoms with van der Waals surface area (Å²) in [7, 11) is 0. The molecule has 1 aliphatic heterocycles. The minimum absolute atomic E-state index is 0.165. The number of hydrogen-bond donors (Lipinski definition) is 0. The van der Waals surface area contributed by atoms with Crippen molar-refractivity contribution in [3.05, 3.63) is 35.5 Å². The van der Waals surface area contributed by atoms with E-state index in [9.17, 15) is 4.79 Å². The summed E-state index contributed by atoms with van der Waals surface area (Å²) in [5, 5.41) is 8.63. The third kappa shape index (κ3) is 1.23. The number of rotatable bonds is 0. The van der Waals surface area contributed by atoms with Crippen molar-refractivity contribution in [3.63, 3.8) is 0 Å². The van der Waals surface area contributed by atoms with Crippen LogP contribution in [-0.2, 0) is 4.79 Å². The average molecular weight is 170 g/mol. The van der Waals surface area contributed by atoms with Crippen molar-refractivity contribution >= 4 is 12.1 Å². The number of dihydropyridines is 1. The minimum Gasteiger partial charge on any atom is -0.272 e. The van der Waals surface area contributed by atoms with Crippen LogP contribution in [-0.4, -0.2) is 12.1 Å². The van der Waals surface area contributed by atoms with Gasteiger partial charge in [-0.1, -0.05) is 6.08 Å². The SMILES string of the molecule is N#CC1=CC2=CC=NC(=O)C2C=C1. The van der Waals surface area contributed by atoms with Gasteiger partial charge in [-0.25, -0.2) is 4.99 Å². The highest BCUT2D eigenvalue weighted by atomic mass is 16.1. The molecule has 3 nitrogen and oxygen atoms in total. The highest BCUT2D eigenvalue weighted by molar-refractivity contribution is 5.98. The number of hydrogen-bond acceptors (Lipinski definition) is 2. The Kier molecular flexibility index (Phi) is 1.67. The topological polar surface area (TPSA) is 53.2 Å². The van der Waals surface area contributed by atoms with Gasteiger partial charge >= 0.3 is 0 Å². The average Bonchev–Trinajstić information content (AvgIpc) is 2.18. The third-order valence-corrected chi connectivity index (χ3v) is 2.01. The molecule has 2 rings (SSSR count). The maximum Gasteiger partial charge on any atom is 0.257 e. The fourth-order valence-corrected chi connectivity index (χ4v) is 1.35. The van der Waals surface area contributed by atoms with Crippen LogP contribution < -0.4 is 0 Å². The Morgan fingerprint density at radius 3 is 3.15 bits per heavy atom. The fourth-order valence-electron chi connectivity index (χ4n) is 1.35. The highest BCUT2D eigenvalue weighted by Gasteiger charge is 2.22. The van der Waals surface area contributed by atoms with Crippen LogP contribution in [0.3, 0.4) is 0 Å². The van der Waals surface area contributed by atoms with E-state index in [0.717, 1.165) is 5.57 Å². The van der Waals surface area contributed by atoms with Gasteiger partial charge < -0.3 is 0 Å². The molecule has 0 bridgehead atoms. The number of fused-ring (bicyclic) bond motifs is 1. The van der Waals surface area contributed by atoms with Crippen LogP contribution in [0.15, 0.2) is 40.4 Å². The van der Waals surface area contributed by atoms with Gasteiger partial charge in [-0.3, -0.25) is 4.79 Å². The van der Waals surface area contributed by atoms with Crippen LogP contribution in [0.2, 0.25) is 0 Å². The molecule has 2 aliphatic rings. The monoisotopic (exact) mass is 170 g/mol. The lowest BCUT2D eigenvalue weighted by Crippen LogP contribution is -2.17. The highest BCUT2D eigenvalue weighted by Crippen LogP contribution is 2.24. The van der Waals surface area contributed by atoms with Gasteiger partial charge in [0.05, 0.1) is 17.6 Å². The first kappa shape index (κ1) is 7.69. The van der Waals surface area contributed by atoms with Gasteiger partial charge in [0.25, 0.3) is 5.91 Å². The Labute approximate surface area is 75.4 Å². The van der Waals surface area contributed by atoms with E-state index in [2.05, 4.69) is 4.99 Å². The van der Waals surface area contributed by atoms with E-state index in [1.54, 1.807) is 24.3 Å². The summed E-state index contributed by atoms with van der Waals surface area (Å²) in [5.74, 6) is -0.441. The molecule has 0 saturated heterocycles. The third-order valence-electron chi connectivity index (χ3n) is 2.01. The summed E-state index contributed by atoms with van der Waals surface area (Å²) in [6.45, 7) is 0. The molecule has 1 amide bonds. The van der Waals surface area contributed by atoms with Crippen LogP contribution in [0.4, 0.5) is 0 Å². The molecule has 0 N–H and O–H groups in total. The van der Waals surface area contributed by atoms with Crippen molar-refractivity contribution < 1.29 is 4.79 Å². The molecule has 0 fully saturated rings. The zero-order valence-electron chi connectivity index (χ0n) is 6.77. The summed E-state index contributed by atoms with van der Waals surface area (Å²) in [4.78, 5) is 14.9. The van der Waals surface area contributed by atoms with Gasteiger partial charge in [-0.05, 0) is 23.8 Å². The van der Waals surface area contributed by atoms with Crippen LogP contribution in [0.5, 0.6) is 0 Å². The Morgan fingerprint density at radius 1 is 1.54 bits per heavy atom. The van der Waals surface area contributed by atoms with Gasteiger partial charge in [0.1, 0.15) is 0 Å². The number of amides is 1. The van der Waals surface area contributed by atoms with Crippen LogP contribution in [0.1, 0.15) is 0 Å². The smallest absolute Gasteiger partial charge is 0.257 e. The van der Waals surface area contributed by atoms with E-state index in [-0.39, 0.29) is 11.8 Å². The number of carbonyl (C=O) groups is 1. The number of carbonyl (C=O) groups excluding carboxylic acids is 1. The predicted molar refractivity (Wildman–Crippen MR) is 47.9 cm³/mol. The van der Waals surface area contributed by atoms with E-state index in [4.69, 9.17) is 5.26 Å². The van der Waals surface area contributed by atoms with Gasteiger partial charge in [0.2, 0.25) is 0 Å². The first-order valence-electron chi connectivity index (χ1n) is 3.89. The van der Waals surface area contributed by atoms with Crippen molar-refractivity contribution in [3.8, 4) is 6.07 Å². The van der Waals surface area contributed by atoms with E-state index < -0.39 is 0 Å². The molecule has 13 heavy (non-hydrogen) atoms. The lowest BCUT2D eigenvalue weighted by atomic mass is 9.89. The molecule has 62 valence electrons. The predicted octanol–water partition coefficient (Wildman–Crippen LogP) is 1.16. The maximum absolute atomic E-state index is 11.2. The Balaban J connectivity index is 2.43. The number of nitriles is 1. The summed E-state index contributed by atoms with van der Waals surface area (Å²) in [6, 6.07) is 2.03. The van der Waals surface area contributed by atoms with E-state index in [0.29, 0.717) is 5.57 Å². The molecule has 3 heteroatoms. The standard InChI is InChI=1S/C10H6N2O/c11-6-7-1-2-9-8(5-7)3-4-12-10(9)13/h1-5,9H. The Morgan fingerprint density at radius 2 is 2.38 bits per heavy atom. The molecule has 0 radical (unpaired) electrons. The molecule has 1 atom stereocenters. The molecule has 1 aliphatic carbocycles. The number of nitrogens with zero attached hydrogens (tertiary/aromatic N) is 2. The molecule has 0 saturated carbocycles. The minimum atomic E-state index is -0.276. The fraction of sp³-hybridized carbons (Fsp3) is 0.100. The van der Waals surface area contributed by atoms with Gasteiger partial charge in [0, 0.05) is 6.21 Å². The molecule has 0 aromatic heterocycles. The van der Waals surface area contributed by atoms with Gasteiger partial charge in [-0.15, -0.1) is 0 Å². The summed E-state index contributed by atoms with van der Waals surface area (Å²) >= 11 is 0. The van der Waals surface area contributed by atoms with Crippen molar-refractivity contribution in [2.24, 2.45) is 10.9 Å². The lowest BCUT2D eigenvalue weighted by Gasteiger charge is -2.16. The summed E-state index contributed by atoms with van der Waals surface area (Å²) < 4.78 is 0. The Hall–Kier alpha value is -1.95. The zero-order valence-corrected chi connectivity index (χ0v) is 6.77. The molecule has 0 spiro atoms. The van der Waals surface area contributed by atoms with Crippen molar-refractivity contribution in [1.82, 2.24) is 0 Å². The molecule has 0 aromatic carbocycles. The van der Waals surface area contributed by atoms with Crippen molar-refractivity contribution in [2.75, 3.05) is 0 Å². The summed E-state index contributed by atoms with van der Waals surface area (Å²) in [6.07, 6.45) is 8.31. The van der Waals surface area contributed by atoms with E-state index >= 15 is 0 Å². The van der Waals surface area contributed by atoms with E-state index in [1.165, 1.54) is 6.21 Å². The number of aliphatic imine (C=N–C) groups is 1. The molecule has 0 aromatic rings. The van der Waals surface area contributed by atoms with Crippen molar-refractivity contribution in [2.45, 2.75) is 0 Å². The van der Waals surface area contributed by atoms with Crippen molar-refractivity contribution in [1.29, 1.82) is 5.26 Å². The first-order valence-corrected chi connectivity index (χ1v) is 3.89. The van der Waals surface area contributed by atoms with Crippen LogP contribution in [0, 0.1) is 17.2 Å². The quantitative estimate of drug-likeness (QED) is 0.547. The van der Waals surface area contributed by atoms with Gasteiger partial charge in [0.15, 0.2) is 0 Å². The molecular weight excluding hydrogens is 164 g/mol. The molecule has 1 unspecified atom stereocenters. The maximum atomic E-state index is 11.2. The first-order chi connectivity index (χ1) is 6.31. The summed E-state index contributed by atoms with van der Waals surface area (Å²) in [5.41, 5.74) is 1.42. The van der Waals surface area contributed by atoms with Crippen LogP contribution in [0.25, 0.3) is 0 Å². The Bertz CT molecular complexity index is 419. The van der Waals surface area contributed by atoms with Gasteiger partial charge in [-0.2, -0.15) is 5.26 Å². The number of allylic oxidation sites excluding steroid dienone is 4. The zero-order chi connectivity index (χ0) is 9.26. The molecule has 1 heterocycles. The van der Waals surface area contributed by atoms with Crippen LogP contribution >= 0.6 is 0 Å². The largest absolute Gasteiger partial charge is 0.272 e.